The third-order valence-corrected chi connectivity index (χ3v) is 3.47. The van der Waals surface area contributed by atoms with Gasteiger partial charge in [-0.2, -0.15) is 0 Å². The molecule has 1 aliphatic heterocycles. The lowest BCUT2D eigenvalue weighted by Gasteiger charge is -2.35. The van der Waals surface area contributed by atoms with E-state index < -0.39 is 0 Å². The van der Waals surface area contributed by atoms with Gasteiger partial charge < -0.3 is 10.1 Å². The van der Waals surface area contributed by atoms with Gasteiger partial charge in [0.05, 0.1) is 5.02 Å². The predicted molar refractivity (Wildman–Crippen MR) is 67.3 cm³/mol. The van der Waals surface area contributed by atoms with Crippen LogP contribution in [0, 0.1) is 6.92 Å². The van der Waals surface area contributed by atoms with E-state index in [-0.39, 0.29) is 5.60 Å². The average molecular weight is 240 g/mol. The van der Waals surface area contributed by atoms with Crippen molar-refractivity contribution < 1.29 is 4.74 Å². The standard InChI is InChI=1S/C13H18ClNO/c1-10-4-3-5-11(14)12(10)16-13(2)6-8-15-9-7-13/h3-5,15H,6-9H2,1-2H3. The minimum absolute atomic E-state index is 0.0823. The van der Waals surface area contributed by atoms with Crippen LogP contribution in [0.2, 0.25) is 5.02 Å². The van der Waals surface area contributed by atoms with Crippen molar-refractivity contribution >= 4 is 11.6 Å². The second-order valence-corrected chi connectivity index (χ2v) is 5.10. The Morgan fingerprint density at radius 3 is 2.62 bits per heavy atom. The third kappa shape index (κ3) is 2.50. The molecule has 0 atom stereocenters. The van der Waals surface area contributed by atoms with E-state index in [9.17, 15) is 0 Å². The molecule has 0 radical (unpaired) electrons. The van der Waals surface area contributed by atoms with Crippen LogP contribution in [-0.2, 0) is 0 Å². The number of aryl methyl sites for hydroxylation is 1. The molecule has 1 saturated heterocycles. The first-order valence-corrected chi connectivity index (χ1v) is 6.13. The Morgan fingerprint density at radius 1 is 1.31 bits per heavy atom. The molecule has 0 bridgehead atoms. The minimum Gasteiger partial charge on any atom is -0.486 e. The molecule has 1 N–H and O–H groups in total. The van der Waals surface area contributed by atoms with Crippen LogP contribution in [0.4, 0.5) is 0 Å². The largest absolute Gasteiger partial charge is 0.486 e. The number of hydrogen-bond acceptors (Lipinski definition) is 2. The molecule has 0 aliphatic carbocycles. The molecule has 88 valence electrons. The number of benzene rings is 1. The van der Waals surface area contributed by atoms with Crippen LogP contribution in [-0.4, -0.2) is 18.7 Å². The molecule has 0 amide bonds. The molecule has 1 heterocycles. The first-order chi connectivity index (χ1) is 7.61. The summed E-state index contributed by atoms with van der Waals surface area (Å²) in [7, 11) is 0. The zero-order chi connectivity index (χ0) is 11.6. The summed E-state index contributed by atoms with van der Waals surface area (Å²) in [5.41, 5.74) is 1.02. The minimum atomic E-state index is -0.0823. The maximum Gasteiger partial charge on any atom is 0.141 e. The van der Waals surface area contributed by atoms with Gasteiger partial charge in [0.15, 0.2) is 0 Å². The summed E-state index contributed by atoms with van der Waals surface area (Å²) in [6, 6.07) is 5.87. The Bertz CT molecular complexity index is 352. The summed E-state index contributed by atoms with van der Waals surface area (Å²) in [6.45, 7) is 6.22. The van der Waals surface area contributed by atoms with Gasteiger partial charge in [-0.15, -0.1) is 0 Å². The van der Waals surface area contributed by atoms with Gasteiger partial charge in [0.25, 0.3) is 0 Å². The fraction of sp³-hybridized carbons (Fsp3) is 0.538. The maximum atomic E-state index is 6.17. The first kappa shape index (κ1) is 11.7. The first-order valence-electron chi connectivity index (χ1n) is 5.76. The Labute approximate surface area is 102 Å². The van der Waals surface area contributed by atoms with Crippen LogP contribution < -0.4 is 10.1 Å². The van der Waals surface area contributed by atoms with Crippen molar-refractivity contribution in [1.82, 2.24) is 5.32 Å². The van der Waals surface area contributed by atoms with E-state index in [1.165, 1.54) is 0 Å². The fourth-order valence-electron chi connectivity index (χ4n) is 2.05. The average Bonchev–Trinajstić information content (AvgIpc) is 2.25. The fourth-order valence-corrected chi connectivity index (χ4v) is 2.31. The lowest BCUT2D eigenvalue weighted by molar-refractivity contribution is 0.0550. The highest BCUT2D eigenvalue weighted by molar-refractivity contribution is 6.32. The van der Waals surface area contributed by atoms with E-state index in [4.69, 9.17) is 16.3 Å². The van der Waals surface area contributed by atoms with Crippen molar-refractivity contribution in [2.24, 2.45) is 0 Å². The van der Waals surface area contributed by atoms with Crippen LogP contribution in [0.15, 0.2) is 18.2 Å². The maximum absolute atomic E-state index is 6.17. The summed E-state index contributed by atoms with van der Waals surface area (Å²) >= 11 is 6.17. The monoisotopic (exact) mass is 239 g/mol. The molecule has 1 aromatic carbocycles. The molecule has 0 aromatic heterocycles. The molecule has 2 rings (SSSR count). The topological polar surface area (TPSA) is 21.3 Å². The number of ether oxygens (including phenoxy) is 1. The molecular weight excluding hydrogens is 222 g/mol. The summed E-state index contributed by atoms with van der Waals surface area (Å²) in [6.07, 6.45) is 2.05. The lowest BCUT2D eigenvalue weighted by atomic mass is 9.94. The van der Waals surface area contributed by atoms with Gasteiger partial charge in [-0.1, -0.05) is 23.7 Å². The Balaban J connectivity index is 2.19. The summed E-state index contributed by atoms with van der Waals surface area (Å²) in [5.74, 6) is 0.841. The number of hydrogen-bond donors (Lipinski definition) is 1. The number of halogens is 1. The summed E-state index contributed by atoms with van der Waals surface area (Å²) in [4.78, 5) is 0. The molecular formula is C13H18ClNO. The van der Waals surface area contributed by atoms with Crippen LogP contribution in [0.1, 0.15) is 25.3 Å². The van der Waals surface area contributed by atoms with E-state index in [0.29, 0.717) is 5.02 Å². The van der Waals surface area contributed by atoms with Gasteiger partial charge in [-0.25, -0.2) is 0 Å². The molecule has 1 fully saturated rings. The van der Waals surface area contributed by atoms with E-state index in [1.807, 2.05) is 25.1 Å². The number of para-hydroxylation sites is 1. The van der Waals surface area contributed by atoms with Gasteiger partial charge in [0, 0.05) is 0 Å². The second-order valence-electron chi connectivity index (χ2n) is 4.69. The highest BCUT2D eigenvalue weighted by Gasteiger charge is 2.29. The SMILES string of the molecule is Cc1cccc(Cl)c1OC1(C)CCNCC1. The molecule has 1 aliphatic rings. The van der Waals surface area contributed by atoms with Gasteiger partial charge in [-0.05, 0) is 51.4 Å². The van der Waals surface area contributed by atoms with E-state index in [1.54, 1.807) is 0 Å². The van der Waals surface area contributed by atoms with Crippen molar-refractivity contribution in [1.29, 1.82) is 0 Å². The molecule has 1 aromatic rings. The Hall–Kier alpha value is -0.730. The van der Waals surface area contributed by atoms with Crippen molar-refractivity contribution in [3.63, 3.8) is 0 Å². The third-order valence-electron chi connectivity index (χ3n) is 3.17. The number of piperidine rings is 1. The van der Waals surface area contributed by atoms with Gasteiger partial charge in [0.1, 0.15) is 11.4 Å². The Morgan fingerprint density at radius 2 is 2.00 bits per heavy atom. The van der Waals surface area contributed by atoms with E-state index >= 15 is 0 Å². The van der Waals surface area contributed by atoms with Crippen molar-refractivity contribution in [3.8, 4) is 5.75 Å². The smallest absolute Gasteiger partial charge is 0.141 e. The van der Waals surface area contributed by atoms with E-state index in [0.717, 1.165) is 37.2 Å². The van der Waals surface area contributed by atoms with E-state index in [2.05, 4.69) is 12.2 Å². The molecule has 16 heavy (non-hydrogen) atoms. The molecule has 0 saturated carbocycles. The second kappa shape index (κ2) is 4.64. The van der Waals surface area contributed by atoms with Gasteiger partial charge in [0.2, 0.25) is 0 Å². The predicted octanol–water partition coefficient (Wildman–Crippen LogP) is 3.17. The number of rotatable bonds is 2. The van der Waals surface area contributed by atoms with Crippen LogP contribution >= 0.6 is 11.6 Å². The molecule has 3 heteroatoms. The van der Waals surface area contributed by atoms with Crippen molar-refractivity contribution in [2.75, 3.05) is 13.1 Å². The quantitative estimate of drug-likeness (QED) is 0.856. The molecule has 0 spiro atoms. The molecule has 2 nitrogen and oxygen atoms in total. The normalized spacial score (nSPS) is 19.4. The summed E-state index contributed by atoms with van der Waals surface area (Å²) in [5, 5.41) is 4.05. The highest BCUT2D eigenvalue weighted by Crippen LogP contribution is 2.33. The van der Waals surface area contributed by atoms with Gasteiger partial charge >= 0.3 is 0 Å². The van der Waals surface area contributed by atoms with Crippen LogP contribution in [0.25, 0.3) is 0 Å². The zero-order valence-electron chi connectivity index (χ0n) is 9.85. The van der Waals surface area contributed by atoms with Gasteiger partial charge in [-0.3, -0.25) is 0 Å². The highest BCUT2D eigenvalue weighted by atomic mass is 35.5. The van der Waals surface area contributed by atoms with Crippen molar-refractivity contribution in [2.45, 2.75) is 32.3 Å². The van der Waals surface area contributed by atoms with Crippen LogP contribution in [0.3, 0.4) is 0 Å². The lowest BCUT2D eigenvalue weighted by Crippen LogP contribution is -2.44. The van der Waals surface area contributed by atoms with Crippen molar-refractivity contribution in [3.05, 3.63) is 28.8 Å². The van der Waals surface area contributed by atoms with Crippen LogP contribution in [0.5, 0.6) is 5.75 Å². The zero-order valence-corrected chi connectivity index (χ0v) is 10.6. The number of nitrogens with one attached hydrogen (secondary N) is 1. The molecule has 0 unspecified atom stereocenters. The Kier molecular flexibility index (Phi) is 3.41. The summed E-state index contributed by atoms with van der Waals surface area (Å²) < 4.78 is 6.13.